The average molecular weight is 430 g/mol. The van der Waals surface area contributed by atoms with Crippen LogP contribution >= 0.6 is 0 Å². The van der Waals surface area contributed by atoms with E-state index in [0.29, 0.717) is 12.3 Å². The van der Waals surface area contributed by atoms with Crippen LogP contribution in [0.25, 0.3) is 0 Å². The van der Waals surface area contributed by atoms with Crippen LogP contribution in [0.15, 0.2) is 79.0 Å². The van der Waals surface area contributed by atoms with Crippen molar-refractivity contribution in [1.82, 2.24) is 15.2 Å². The van der Waals surface area contributed by atoms with E-state index in [1.165, 1.54) is 5.56 Å². The molecule has 4 rings (SSSR count). The average Bonchev–Trinajstić information content (AvgIpc) is 2.85. The number of carbonyl (C=O) groups excluding carboxylic acids is 1. The van der Waals surface area contributed by atoms with Crippen LogP contribution in [0.3, 0.4) is 0 Å². The highest BCUT2D eigenvalue weighted by molar-refractivity contribution is 5.79. The zero-order valence-electron chi connectivity index (χ0n) is 18.6. The van der Waals surface area contributed by atoms with E-state index in [-0.39, 0.29) is 11.9 Å². The van der Waals surface area contributed by atoms with Crippen molar-refractivity contribution in [2.45, 2.75) is 31.8 Å². The molecule has 5 heteroatoms. The number of pyridine rings is 1. The Morgan fingerprint density at radius 1 is 1.00 bits per heavy atom. The van der Waals surface area contributed by atoms with Crippen molar-refractivity contribution < 1.29 is 9.53 Å². The molecule has 1 saturated heterocycles. The van der Waals surface area contributed by atoms with Crippen LogP contribution in [-0.4, -0.2) is 36.0 Å². The molecule has 1 unspecified atom stereocenters. The van der Waals surface area contributed by atoms with Crippen LogP contribution in [0.5, 0.6) is 5.75 Å². The second-order valence-electron chi connectivity index (χ2n) is 8.42. The molecule has 1 aliphatic heterocycles. The lowest BCUT2D eigenvalue weighted by Crippen LogP contribution is -2.41. The first-order valence-electron chi connectivity index (χ1n) is 11.3. The smallest absolute Gasteiger partial charge is 0.224 e. The third kappa shape index (κ3) is 5.95. The predicted octanol–water partition coefficient (Wildman–Crippen LogP) is 4.40. The summed E-state index contributed by atoms with van der Waals surface area (Å²) in [6, 6.07) is 24.1. The third-order valence-corrected chi connectivity index (χ3v) is 6.20. The van der Waals surface area contributed by atoms with Crippen LogP contribution in [0.1, 0.15) is 35.7 Å². The van der Waals surface area contributed by atoms with Crippen LogP contribution in [0.2, 0.25) is 0 Å². The van der Waals surface area contributed by atoms with Gasteiger partial charge in [0.05, 0.1) is 25.3 Å². The van der Waals surface area contributed by atoms with E-state index in [4.69, 9.17) is 4.74 Å². The first-order chi connectivity index (χ1) is 15.7. The van der Waals surface area contributed by atoms with E-state index < -0.39 is 0 Å². The van der Waals surface area contributed by atoms with Gasteiger partial charge in [0.2, 0.25) is 5.91 Å². The molecule has 0 bridgehead atoms. The number of likely N-dealkylation sites (tertiary alicyclic amines) is 1. The molecule has 1 amide bonds. The Kier molecular flexibility index (Phi) is 7.51. The van der Waals surface area contributed by atoms with Gasteiger partial charge in [0.15, 0.2) is 0 Å². The molecular weight excluding hydrogens is 398 g/mol. The lowest BCUT2D eigenvalue weighted by molar-refractivity contribution is -0.121. The van der Waals surface area contributed by atoms with E-state index in [1.807, 2.05) is 66.9 Å². The van der Waals surface area contributed by atoms with Crippen molar-refractivity contribution in [3.8, 4) is 5.75 Å². The molecule has 1 aromatic heterocycles. The fraction of sp³-hybridized carbons (Fsp3) is 0.333. The van der Waals surface area contributed by atoms with E-state index in [1.54, 1.807) is 7.11 Å². The molecule has 0 spiro atoms. The van der Waals surface area contributed by atoms with Crippen molar-refractivity contribution in [1.29, 1.82) is 0 Å². The topological polar surface area (TPSA) is 54.5 Å². The summed E-state index contributed by atoms with van der Waals surface area (Å²) >= 11 is 0. The third-order valence-electron chi connectivity index (χ3n) is 6.20. The minimum Gasteiger partial charge on any atom is -0.497 e. The highest BCUT2D eigenvalue weighted by atomic mass is 16.5. The van der Waals surface area contributed by atoms with Crippen molar-refractivity contribution in [2.75, 3.05) is 20.2 Å². The summed E-state index contributed by atoms with van der Waals surface area (Å²) in [7, 11) is 1.69. The zero-order chi connectivity index (χ0) is 22.2. The fourth-order valence-corrected chi connectivity index (χ4v) is 4.43. The van der Waals surface area contributed by atoms with Crippen LogP contribution in [0.4, 0.5) is 0 Å². The van der Waals surface area contributed by atoms with Gasteiger partial charge in [0, 0.05) is 12.7 Å². The summed E-state index contributed by atoms with van der Waals surface area (Å²) in [5.74, 6) is 1.31. The molecule has 166 valence electrons. The molecule has 3 aromatic rings. The molecule has 1 aliphatic rings. The summed E-state index contributed by atoms with van der Waals surface area (Å²) in [4.78, 5) is 19.9. The number of carbonyl (C=O) groups is 1. The monoisotopic (exact) mass is 429 g/mol. The Morgan fingerprint density at radius 2 is 1.72 bits per heavy atom. The predicted molar refractivity (Wildman–Crippen MR) is 126 cm³/mol. The highest BCUT2D eigenvalue weighted by Crippen LogP contribution is 2.30. The minimum absolute atomic E-state index is 0.0486. The largest absolute Gasteiger partial charge is 0.497 e. The molecular formula is C27H31N3O2. The Morgan fingerprint density at radius 3 is 2.38 bits per heavy atom. The number of ether oxygens (including phenoxy) is 1. The van der Waals surface area contributed by atoms with Crippen molar-refractivity contribution >= 4 is 5.91 Å². The molecule has 0 saturated carbocycles. The second-order valence-corrected chi connectivity index (χ2v) is 8.42. The number of nitrogens with zero attached hydrogens (tertiary/aromatic N) is 2. The molecule has 2 aromatic carbocycles. The summed E-state index contributed by atoms with van der Waals surface area (Å²) in [6.07, 6.45) is 4.26. The Hall–Kier alpha value is -3.18. The molecule has 0 radical (unpaired) electrons. The summed E-state index contributed by atoms with van der Waals surface area (Å²) < 4.78 is 5.26. The van der Waals surface area contributed by atoms with Gasteiger partial charge in [0.1, 0.15) is 5.75 Å². The quantitative estimate of drug-likeness (QED) is 0.577. The molecule has 32 heavy (non-hydrogen) atoms. The molecule has 1 atom stereocenters. The maximum Gasteiger partial charge on any atom is 0.224 e. The number of benzene rings is 2. The fourth-order valence-electron chi connectivity index (χ4n) is 4.43. The van der Waals surface area contributed by atoms with Crippen LogP contribution in [0, 0.1) is 5.92 Å². The number of piperidine rings is 1. The maximum atomic E-state index is 12.8. The normalized spacial score (nSPS) is 15.8. The first kappa shape index (κ1) is 22.0. The summed E-state index contributed by atoms with van der Waals surface area (Å²) in [5, 5.41) is 3.29. The van der Waals surface area contributed by atoms with Crippen molar-refractivity contribution in [3.05, 3.63) is 95.8 Å². The summed E-state index contributed by atoms with van der Waals surface area (Å²) in [6.45, 7) is 2.95. The number of methoxy groups -OCH3 is 1. The van der Waals surface area contributed by atoms with Gasteiger partial charge < -0.3 is 10.1 Å². The van der Waals surface area contributed by atoms with Gasteiger partial charge in [-0.05, 0) is 67.2 Å². The lowest BCUT2D eigenvalue weighted by Gasteiger charge is -2.36. The van der Waals surface area contributed by atoms with Crippen LogP contribution < -0.4 is 10.1 Å². The highest BCUT2D eigenvalue weighted by Gasteiger charge is 2.29. The van der Waals surface area contributed by atoms with Gasteiger partial charge in [-0.2, -0.15) is 0 Å². The first-order valence-corrected chi connectivity index (χ1v) is 11.3. The van der Waals surface area contributed by atoms with Crippen molar-refractivity contribution in [2.24, 2.45) is 5.92 Å². The van der Waals surface area contributed by atoms with Gasteiger partial charge in [-0.15, -0.1) is 0 Å². The van der Waals surface area contributed by atoms with Crippen molar-refractivity contribution in [3.63, 3.8) is 0 Å². The van der Waals surface area contributed by atoms with E-state index in [0.717, 1.165) is 49.5 Å². The van der Waals surface area contributed by atoms with Gasteiger partial charge in [-0.3, -0.25) is 14.7 Å². The van der Waals surface area contributed by atoms with E-state index >= 15 is 0 Å². The lowest BCUT2D eigenvalue weighted by atomic mass is 9.87. The van der Waals surface area contributed by atoms with Gasteiger partial charge in [-0.1, -0.05) is 48.5 Å². The summed E-state index contributed by atoms with van der Waals surface area (Å²) in [5.41, 5.74) is 3.27. The van der Waals surface area contributed by atoms with Gasteiger partial charge in [-0.25, -0.2) is 0 Å². The number of amides is 1. The molecule has 5 nitrogen and oxygen atoms in total. The Labute approximate surface area is 190 Å². The number of nitrogens with one attached hydrogen (secondary N) is 1. The van der Waals surface area contributed by atoms with Crippen LogP contribution in [-0.2, 0) is 17.8 Å². The number of hydrogen-bond donors (Lipinski definition) is 1. The second kappa shape index (κ2) is 10.9. The Balaban J connectivity index is 1.38. The van der Waals surface area contributed by atoms with E-state index in [2.05, 4.69) is 27.3 Å². The Bertz CT molecular complexity index is 969. The SMILES string of the molecule is COc1ccc(CN2CCC(C(NC(=O)Cc3ccccc3)c3ccccn3)CC2)cc1. The maximum absolute atomic E-state index is 12.8. The number of hydrogen-bond acceptors (Lipinski definition) is 4. The molecule has 1 N–H and O–H groups in total. The standard InChI is InChI=1S/C27H31N3O2/c1-32-24-12-10-22(11-13-24)20-30-17-14-23(15-18-30)27(25-9-5-6-16-28-25)29-26(31)19-21-7-3-2-4-8-21/h2-13,16,23,27H,14-15,17-20H2,1H3,(H,29,31). The van der Waals surface area contributed by atoms with Gasteiger partial charge in [0.25, 0.3) is 0 Å². The molecule has 0 aliphatic carbocycles. The zero-order valence-corrected chi connectivity index (χ0v) is 18.6. The number of aromatic nitrogens is 1. The molecule has 2 heterocycles. The molecule has 1 fully saturated rings. The minimum atomic E-state index is -0.0597. The van der Waals surface area contributed by atoms with E-state index in [9.17, 15) is 4.79 Å². The van der Waals surface area contributed by atoms with Gasteiger partial charge >= 0.3 is 0 Å². The number of rotatable bonds is 8.